The molecule has 0 fully saturated rings. The predicted octanol–water partition coefficient (Wildman–Crippen LogP) is 1.25. The van der Waals surface area contributed by atoms with Gasteiger partial charge in [0.25, 0.3) is 0 Å². The zero-order valence-electron chi connectivity index (χ0n) is 7.86. The second kappa shape index (κ2) is 8.93. The lowest BCUT2D eigenvalue weighted by atomic mass is 10.5. The van der Waals surface area contributed by atoms with Gasteiger partial charge in [-0.3, -0.25) is 0 Å². The third kappa shape index (κ3) is 5.16. The SMILES string of the molecule is COCCCOc1[nH]ncc1N.Cl.Cl. The van der Waals surface area contributed by atoms with Crippen molar-refractivity contribution in [3.8, 4) is 5.88 Å². The van der Waals surface area contributed by atoms with Crippen molar-refractivity contribution in [2.75, 3.05) is 26.1 Å². The summed E-state index contributed by atoms with van der Waals surface area (Å²) in [6.45, 7) is 1.27. The molecule has 84 valence electrons. The summed E-state index contributed by atoms with van der Waals surface area (Å²) in [6, 6.07) is 0. The van der Waals surface area contributed by atoms with Crippen LogP contribution < -0.4 is 10.5 Å². The van der Waals surface area contributed by atoms with Gasteiger partial charge in [0.05, 0.1) is 12.8 Å². The van der Waals surface area contributed by atoms with Crippen LogP contribution in [0.5, 0.6) is 5.88 Å². The highest BCUT2D eigenvalue weighted by atomic mass is 35.5. The summed E-state index contributed by atoms with van der Waals surface area (Å²) >= 11 is 0. The van der Waals surface area contributed by atoms with Gasteiger partial charge in [0.1, 0.15) is 5.69 Å². The predicted molar refractivity (Wildman–Crippen MR) is 59.5 cm³/mol. The van der Waals surface area contributed by atoms with Gasteiger partial charge in [-0.25, -0.2) is 5.10 Å². The van der Waals surface area contributed by atoms with Gasteiger partial charge in [-0.05, 0) is 0 Å². The number of nitrogen functional groups attached to an aromatic ring is 1. The van der Waals surface area contributed by atoms with Crippen LogP contribution in [-0.2, 0) is 4.74 Å². The minimum Gasteiger partial charge on any atom is -0.476 e. The van der Waals surface area contributed by atoms with E-state index in [0.29, 0.717) is 24.8 Å². The maximum absolute atomic E-state index is 5.51. The zero-order chi connectivity index (χ0) is 8.81. The van der Waals surface area contributed by atoms with Crippen molar-refractivity contribution in [3.05, 3.63) is 6.20 Å². The molecule has 0 bridgehead atoms. The van der Waals surface area contributed by atoms with Gasteiger partial charge in [0.15, 0.2) is 0 Å². The van der Waals surface area contributed by atoms with Crippen LogP contribution >= 0.6 is 24.8 Å². The average Bonchev–Trinajstić information content (AvgIpc) is 2.46. The minimum atomic E-state index is 0. The van der Waals surface area contributed by atoms with Crippen molar-refractivity contribution >= 4 is 30.5 Å². The highest BCUT2D eigenvalue weighted by Crippen LogP contribution is 2.15. The van der Waals surface area contributed by atoms with Crippen molar-refractivity contribution in [1.82, 2.24) is 10.2 Å². The standard InChI is InChI=1S/C7H13N3O2.2ClH/c1-11-3-2-4-12-7-6(8)5-9-10-7;;/h5H,2-4,8H2,1H3,(H,9,10);2*1H. The van der Waals surface area contributed by atoms with Crippen LogP contribution in [0.25, 0.3) is 0 Å². The minimum absolute atomic E-state index is 0. The van der Waals surface area contributed by atoms with Gasteiger partial charge in [-0.1, -0.05) is 0 Å². The molecule has 0 saturated carbocycles. The Kier molecular flexibility index (Phi) is 10.1. The molecule has 0 aliphatic heterocycles. The number of nitrogens with two attached hydrogens (primary N) is 1. The zero-order valence-corrected chi connectivity index (χ0v) is 9.49. The van der Waals surface area contributed by atoms with E-state index >= 15 is 0 Å². The lowest BCUT2D eigenvalue weighted by molar-refractivity contribution is 0.171. The second-order valence-electron chi connectivity index (χ2n) is 2.35. The maximum Gasteiger partial charge on any atom is 0.233 e. The third-order valence-corrected chi connectivity index (χ3v) is 1.37. The normalized spacial score (nSPS) is 8.64. The number of hydrogen-bond donors (Lipinski definition) is 2. The Morgan fingerprint density at radius 3 is 2.64 bits per heavy atom. The molecular weight excluding hydrogens is 229 g/mol. The van der Waals surface area contributed by atoms with Gasteiger partial charge in [-0.15, -0.1) is 24.8 Å². The lowest BCUT2D eigenvalue weighted by Gasteiger charge is -2.02. The molecule has 0 saturated heterocycles. The fraction of sp³-hybridized carbons (Fsp3) is 0.571. The first-order chi connectivity index (χ1) is 5.84. The molecule has 0 aliphatic rings. The highest BCUT2D eigenvalue weighted by molar-refractivity contribution is 5.85. The number of nitrogens with one attached hydrogen (secondary N) is 1. The number of aromatic nitrogens is 2. The summed E-state index contributed by atoms with van der Waals surface area (Å²) in [5, 5.41) is 6.36. The van der Waals surface area contributed by atoms with E-state index in [1.165, 1.54) is 6.20 Å². The van der Waals surface area contributed by atoms with Crippen LogP contribution in [0.15, 0.2) is 6.20 Å². The van der Waals surface area contributed by atoms with Gasteiger partial charge in [0, 0.05) is 20.1 Å². The number of nitrogens with zero attached hydrogens (tertiary/aromatic N) is 1. The van der Waals surface area contributed by atoms with E-state index in [-0.39, 0.29) is 24.8 Å². The molecule has 1 aromatic rings. The second-order valence-corrected chi connectivity index (χ2v) is 2.35. The summed E-state index contributed by atoms with van der Waals surface area (Å²) in [5.41, 5.74) is 6.04. The van der Waals surface area contributed by atoms with Gasteiger partial charge >= 0.3 is 0 Å². The Morgan fingerprint density at radius 1 is 1.43 bits per heavy atom. The molecule has 3 N–H and O–H groups in total. The van der Waals surface area contributed by atoms with Crippen molar-refractivity contribution in [3.63, 3.8) is 0 Å². The Labute approximate surface area is 95.2 Å². The maximum atomic E-state index is 5.51. The van der Waals surface area contributed by atoms with E-state index in [2.05, 4.69) is 10.2 Å². The molecule has 0 amide bonds. The highest BCUT2D eigenvalue weighted by Gasteiger charge is 2.00. The molecule has 0 aliphatic carbocycles. The molecule has 0 atom stereocenters. The van der Waals surface area contributed by atoms with Crippen molar-refractivity contribution in [2.45, 2.75) is 6.42 Å². The van der Waals surface area contributed by atoms with Gasteiger partial charge in [0.2, 0.25) is 5.88 Å². The third-order valence-electron chi connectivity index (χ3n) is 1.37. The summed E-state index contributed by atoms with van der Waals surface area (Å²) in [7, 11) is 1.66. The summed E-state index contributed by atoms with van der Waals surface area (Å²) in [4.78, 5) is 0. The molecular formula is C7H15Cl2N3O2. The summed E-state index contributed by atoms with van der Waals surface area (Å²) in [6.07, 6.45) is 2.36. The van der Waals surface area contributed by atoms with E-state index in [9.17, 15) is 0 Å². The molecule has 5 nitrogen and oxygen atoms in total. The fourth-order valence-corrected chi connectivity index (χ4v) is 0.777. The lowest BCUT2D eigenvalue weighted by Crippen LogP contribution is -2.02. The number of halogens is 2. The molecule has 0 aromatic carbocycles. The smallest absolute Gasteiger partial charge is 0.233 e. The average molecular weight is 244 g/mol. The Hall–Kier alpha value is -0.650. The first-order valence-corrected chi connectivity index (χ1v) is 3.75. The van der Waals surface area contributed by atoms with Gasteiger partial charge < -0.3 is 15.2 Å². The monoisotopic (exact) mass is 243 g/mol. The van der Waals surface area contributed by atoms with Crippen LogP contribution in [-0.4, -0.2) is 30.5 Å². The largest absolute Gasteiger partial charge is 0.476 e. The number of ether oxygens (including phenoxy) is 2. The molecule has 0 unspecified atom stereocenters. The van der Waals surface area contributed by atoms with Crippen LogP contribution in [0.2, 0.25) is 0 Å². The molecule has 0 spiro atoms. The van der Waals surface area contributed by atoms with Crippen LogP contribution in [0, 0.1) is 0 Å². The van der Waals surface area contributed by atoms with Crippen LogP contribution in [0.4, 0.5) is 5.69 Å². The fourth-order valence-electron chi connectivity index (χ4n) is 0.777. The number of rotatable bonds is 5. The van der Waals surface area contributed by atoms with Crippen molar-refractivity contribution < 1.29 is 9.47 Å². The molecule has 1 heterocycles. The number of anilines is 1. The summed E-state index contributed by atoms with van der Waals surface area (Å²) < 4.78 is 10.1. The molecule has 1 rings (SSSR count). The number of hydrogen-bond acceptors (Lipinski definition) is 4. The quantitative estimate of drug-likeness (QED) is 0.764. The summed E-state index contributed by atoms with van der Waals surface area (Å²) in [5.74, 6) is 0.533. The van der Waals surface area contributed by atoms with Crippen molar-refractivity contribution in [1.29, 1.82) is 0 Å². The van der Waals surface area contributed by atoms with Crippen LogP contribution in [0.1, 0.15) is 6.42 Å². The van der Waals surface area contributed by atoms with E-state index < -0.39 is 0 Å². The number of methoxy groups -OCH3 is 1. The molecule has 1 aromatic heterocycles. The number of aromatic amines is 1. The topological polar surface area (TPSA) is 73.2 Å². The number of H-pyrrole nitrogens is 1. The van der Waals surface area contributed by atoms with Gasteiger partial charge in [-0.2, -0.15) is 5.10 Å². The van der Waals surface area contributed by atoms with E-state index in [1.54, 1.807) is 7.11 Å². The van der Waals surface area contributed by atoms with Crippen LogP contribution in [0.3, 0.4) is 0 Å². The molecule has 7 heteroatoms. The molecule has 0 radical (unpaired) electrons. The Bertz CT molecular complexity index is 232. The van der Waals surface area contributed by atoms with E-state index in [4.69, 9.17) is 15.2 Å². The Balaban J connectivity index is 0. The first-order valence-electron chi connectivity index (χ1n) is 3.75. The van der Waals surface area contributed by atoms with E-state index in [1.807, 2.05) is 0 Å². The molecule has 14 heavy (non-hydrogen) atoms. The van der Waals surface area contributed by atoms with Crippen molar-refractivity contribution in [2.24, 2.45) is 0 Å². The van der Waals surface area contributed by atoms with E-state index in [0.717, 1.165) is 6.42 Å². The Morgan fingerprint density at radius 2 is 2.14 bits per heavy atom. The first kappa shape index (κ1) is 15.8.